The fourth-order valence-corrected chi connectivity index (χ4v) is 2.98. The van der Waals surface area contributed by atoms with E-state index in [4.69, 9.17) is 0 Å². The van der Waals surface area contributed by atoms with Crippen molar-refractivity contribution >= 4 is 34.2 Å². The summed E-state index contributed by atoms with van der Waals surface area (Å²) in [5.74, 6) is 0.261. The van der Waals surface area contributed by atoms with Gasteiger partial charge in [-0.15, -0.1) is 12.4 Å². The molecule has 0 saturated carbocycles. The number of halogens is 2. The highest BCUT2D eigenvalue weighted by Crippen LogP contribution is 2.18. The lowest BCUT2D eigenvalue weighted by molar-refractivity contribution is -0.134. The van der Waals surface area contributed by atoms with E-state index in [9.17, 15) is 4.79 Å². The monoisotopic (exact) mass is 360 g/mol. The Morgan fingerprint density at radius 1 is 1.40 bits per heavy atom. The molecule has 20 heavy (non-hydrogen) atoms. The maximum Gasteiger partial charge on any atom is 0.223 e. The van der Waals surface area contributed by atoms with Crippen LogP contribution in [-0.2, 0) is 11.2 Å². The van der Waals surface area contributed by atoms with Gasteiger partial charge in [0.1, 0.15) is 0 Å². The third kappa shape index (κ3) is 4.21. The number of carbonyl (C=O) groups excluding carboxylic acids is 1. The first-order valence-electron chi connectivity index (χ1n) is 6.86. The zero-order valence-corrected chi connectivity index (χ0v) is 14.3. The van der Waals surface area contributed by atoms with E-state index < -0.39 is 0 Å². The van der Waals surface area contributed by atoms with E-state index in [2.05, 4.69) is 41.2 Å². The Hall–Kier alpha value is -0.580. The van der Waals surface area contributed by atoms with Crippen LogP contribution in [0.1, 0.15) is 25.8 Å². The third-order valence-electron chi connectivity index (χ3n) is 3.92. The van der Waals surface area contributed by atoms with Gasteiger partial charge in [0.2, 0.25) is 5.91 Å². The van der Waals surface area contributed by atoms with Crippen LogP contribution in [0.15, 0.2) is 28.7 Å². The van der Waals surface area contributed by atoms with Crippen LogP contribution in [0.25, 0.3) is 0 Å². The van der Waals surface area contributed by atoms with Crippen LogP contribution in [0.3, 0.4) is 0 Å². The van der Waals surface area contributed by atoms with E-state index in [1.165, 1.54) is 5.56 Å². The second-order valence-corrected chi connectivity index (χ2v) is 6.02. The molecule has 1 heterocycles. The molecule has 0 aliphatic carbocycles. The van der Waals surface area contributed by atoms with Gasteiger partial charge in [0, 0.05) is 36.1 Å². The standard InChI is InChI=1S/C15H21BrN2O.ClH/c1-11-12(2)18(10-9-17-11)15(19)8-7-13-5-3-4-6-14(13)16;/h3-6,11-12,17H,7-10H2,1-2H3;1H. The number of nitrogens with zero attached hydrogens (tertiary/aromatic N) is 1. The molecule has 1 saturated heterocycles. The van der Waals surface area contributed by atoms with Gasteiger partial charge in [0.15, 0.2) is 0 Å². The first-order valence-corrected chi connectivity index (χ1v) is 7.65. The van der Waals surface area contributed by atoms with Gasteiger partial charge in [0.05, 0.1) is 0 Å². The van der Waals surface area contributed by atoms with Gasteiger partial charge in [-0.05, 0) is 31.9 Å². The summed E-state index contributed by atoms with van der Waals surface area (Å²) in [5, 5.41) is 3.40. The number of rotatable bonds is 3. The molecule has 0 aromatic heterocycles. The molecule has 1 aromatic rings. The molecule has 0 radical (unpaired) electrons. The molecule has 0 spiro atoms. The van der Waals surface area contributed by atoms with E-state index in [1.54, 1.807) is 0 Å². The van der Waals surface area contributed by atoms with Crippen LogP contribution in [0.2, 0.25) is 0 Å². The van der Waals surface area contributed by atoms with Crippen LogP contribution in [-0.4, -0.2) is 36.0 Å². The molecular weight excluding hydrogens is 340 g/mol. The number of nitrogens with one attached hydrogen (secondary N) is 1. The Kier molecular flexibility index (Phi) is 7.00. The normalized spacial score (nSPS) is 22.2. The number of carbonyl (C=O) groups is 1. The van der Waals surface area contributed by atoms with Crippen molar-refractivity contribution in [2.24, 2.45) is 0 Å². The summed E-state index contributed by atoms with van der Waals surface area (Å²) < 4.78 is 1.09. The fourth-order valence-electron chi connectivity index (χ4n) is 2.49. The quantitative estimate of drug-likeness (QED) is 0.897. The summed E-state index contributed by atoms with van der Waals surface area (Å²) in [7, 11) is 0. The molecule has 1 fully saturated rings. The Labute approximate surface area is 135 Å². The van der Waals surface area contributed by atoms with Crippen molar-refractivity contribution < 1.29 is 4.79 Å². The molecule has 2 atom stereocenters. The topological polar surface area (TPSA) is 32.3 Å². The number of amides is 1. The summed E-state index contributed by atoms with van der Waals surface area (Å²) in [4.78, 5) is 14.3. The third-order valence-corrected chi connectivity index (χ3v) is 4.69. The minimum absolute atomic E-state index is 0. The predicted octanol–water partition coefficient (Wildman–Crippen LogP) is 3.01. The van der Waals surface area contributed by atoms with Crippen LogP contribution in [0.5, 0.6) is 0 Å². The highest BCUT2D eigenvalue weighted by Gasteiger charge is 2.27. The van der Waals surface area contributed by atoms with Crippen LogP contribution in [0.4, 0.5) is 0 Å². The van der Waals surface area contributed by atoms with Crippen LogP contribution < -0.4 is 5.32 Å². The Morgan fingerprint density at radius 3 is 2.80 bits per heavy atom. The van der Waals surface area contributed by atoms with Gasteiger partial charge in [-0.25, -0.2) is 0 Å². The van der Waals surface area contributed by atoms with E-state index in [0.29, 0.717) is 12.5 Å². The Bertz CT molecular complexity index is 455. The van der Waals surface area contributed by atoms with E-state index >= 15 is 0 Å². The van der Waals surface area contributed by atoms with Crippen molar-refractivity contribution in [3.05, 3.63) is 34.3 Å². The highest BCUT2D eigenvalue weighted by molar-refractivity contribution is 9.10. The zero-order chi connectivity index (χ0) is 13.8. The molecule has 1 aromatic carbocycles. The summed E-state index contributed by atoms with van der Waals surface area (Å²) in [5.41, 5.74) is 1.20. The van der Waals surface area contributed by atoms with Gasteiger partial charge < -0.3 is 10.2 Å². The average molecular weight is 362 g/mol. The largest absolute Gasteiger partial charge is 0.337 e. The fraction of sp³-hybridized carbons (Fsp3) is 0.533. The molecule has 1 aliphatic rings. The molecule has 5 heteroatoms. The second kappa shape index (κ2) is 8.01. The van der Waals surface area contributed by atoms with Gasteiger partial charge in [0.25, 0.3) is 0 Å². The highest BCUT2D eigenvalue weighted by atomic mass is 79.9. The maximum absolute atomic E-state index is 12.3. The van der Waals surface area contributed by atoms with Gasteiger partial charge in [-0.2, -0.15) is 0 Å². The van der Waals surface area contributed by atoms with Crippen molar-refractivity contribution in [2.45, 2.75) is 38.8 Å². The molecule has 3 nitrogen and oxygen atoms in total. The Morgan fingerprint density at radius 2 is 2.10 bits per heavy atom. The second-order valence-electron chi connectivity index (χ2n) is 5.16. The van der Waals surface area contributed by atoms with Crippen molar-refractivity contribution in [1.82, 2.24) is 10.2 Å². The van der Waals surface area contributed by atoms with Crippen molar-refractivity contribution in [3.63, 3.8) is 0 Å². The summed E-state index contributed by atoms with van der Waals surface area (Å²) >= 11 is 3.53. The number of piperazine rings is 1. The maximum atomic E-state index is 12.3. The molecule has 1 amide bonds. The first kappa shape index (κ1) is 17.5. The zero-order valence-electron chi connectivity index (χ0n) is 11.9. The minimum atomic E-state index is 0. The lowest BCUT2D eigenvalue weighted by Crippen LogP contribution is -2.57. The average Bonchev–Trinajstić information content (AvgIpc) is 2.40. The Balaban J connectivity index is 0.00000200. The van der Waals surface area contributed by atoms with Crippen LogP contribution in [0, 0.1) is 0 Å². The number of benzene rings is 1. The van der Waals surface area contributed by atoms with Crippen molar-refractivity contribution in [2.75, 3.05) is 13.1 Å². The van der Waals surface area contributed by atoms with E-state index in [0.717, 1.165) is 24.0 Å². The summed E-state index contributed by atoms with van der Waals surface area (Å²) in [6.07, 6.45) is 1.38. The predicted molar refractivity (Wildman–Crippen MR) is 88.4 cm³/mol. The van der Waals surface area contributed by atoms with Gasteiger partial charge in [-0.3, -0.25) is 4.79 Å². The lowest BCUT2D eigenvalue weighted by atomic mass is 10.0. The lowest BCUT2D eigenvalue weighted by Gasteiger charge is -2.38. The molecule has 2 unspecified atom stereocenters. The SMILES string of the molecule is CC1NCCN(C(=O)CCc2ccccc2Br)C1C.Cl. The molecule has 112 valence electrons. The first-order chi connectivity index (χ1) is 9.09. The van der Waals surface area contributed by atoms with Gasteiger partial charge in [-0.1, -0.05) is 34.1 Å². The number of aryl methyl sites for hydroxylation is 1. The van der Waals surface area contributed by atoms with Gasteiger partial charge >= 0.3 is 0 Å². The van der Waals surface area contributed by atoms with E-state index in [1.807, 2.05) is 23.1 Å². The molecule has 2 rings (SSSR count). The molecule has 1 aliphatic heterocycles. The minimum Gasteiger partial charge on any atom is -0.337 e. The number of hydrogen-bond acceptors (Lipinski definition) is 2. The van der Waals surface area contributed by atoms with E-state index in [-0.39, 0.29) is 24.4 Å². The van der Waals surface area contributed by atoms with Crippen molar-refractivity contribution in [3.8, 4) is 0 Å². The van der Waals surface area contributed by atoms with Crippen LogP contribution >= 0.6 is 28.3 Å². The molecule has 0 bridgehead atoms. The smallest absolute Gasteiger partial charge is 0.223 e. The summed E-state index contributed by atoms with van der Waals surface area (Å²) in [6.45, 7) is 5.97. The molecular formula is C15H22BrClN2O. The van der Waals surface area contributed by atoms with Crippen molar-refractivity contribution in [1.29, 1.82) is 0 Å². The molecule has 1 N–H and O–H groups in total. The number of hydrogen-bond donors (Lipinski definition) is 1. The summed E-state index contributed by atoms with van der Waals surface area (Å²) in [6, 6.07) is 8.76.